The number of aromatic hydroxyl groups is 2. The molecule has 0 saturated heterocycles. The highest BCUT2D eigenvalue weighted by Crippen LogP contribution is 2.29. The predicted molar refractivity (Wildman–Crippen MR) is 125 cm³/mol. The van der Waals surface area contributed by atoms with Crippen LogP contribution in [0.1, 0.15) is 61.8 Å². The molecule has 2 N–H and O–H groups in total. The summed E-state index contributed by atoms with van der Waals surface area (Å²) in [6, 6.07) is 18.7. The van der Waals surface area contributed by atoms with Crippen LogP contribution in [0.25, 0.3) is 0 Å². The van der Waals surface area contributed by atoms with Gasteiger partial charge in [-0.3, -0.25) is 9.98 Å². The summed E-state index contributed by atoms with van der Waals surface area (Å²) >= 11 is 0. The molecule has 0 amide bonds. The zero-order valence-corrected chi connectivity index (χ0v) is 17.9. The summed E-state index contributed by atoms with van der Waals surface area (Å²) in [6.45, 7) is 8.45. The van der Waals surface area contributed by atoms with E-state index in [1.165, 1.54) is 0 Å². The van der Waals surface area contributed by atoms with Crippen molar-refractivity contribution >= 4 is 23.8 Å². The van der Waals surface area contributed by atoms with Crippen LogP contribution >= 0.6 is 0 Å². The Kier molecular flexibility index (Phi) is 6.68. The molecule has 0 aliphatic carbocycles. The number of nitrogens with zero attached hydrogens (tertiary/aromatic N) is 2. The van der Waals surface area contributed by atoms with E-state index in [0.29, 0.717) is 34.3 Å². The minimum absolute atomic E-state index is 0.194. The summed E-state index contributed by atoms with van der Waals surface area (Å²) in [7, 11) is 0. The largest absolute Gasteiger partial charge is 0.507 e. The molecule has 154 valence electrons. The first-order valence-electron chi connectivity index (χ1n) is 10.2. The van der Waals surface area contributed by atoms with Crippen LogP contribution in [-0.4, -0.2) is 22.6 Å². The average molecular weight is 401 g/mol. The monoisotopic (exact) mass is 400 g/mol. The third-order valence-electron chi connectivity index (χ3n) is 5.00. The van der Waals surface area contributed by atoms with Gasteiger partial charge in [0.25, 0.3) is 0 Å². The topological polar surface area (TPSA) is 65.2 Å². The molecule has 0 aromatic heterocycles. The van der Waals surface area contributed by atoms with E-state index in [0.717, 1.165) is 11.1 Å². The van der Waals surface area contributed by atoms with Crippen molar-refractivity contribution in [2.24, 2.45) is 9.98 Å². The number of hydrogen-bond donors (Lipinski definition) is 2. The van der Waals surface area contributed by atoms with E-state index >= 15 is 0 Å². The van der Waals surface area contributed by atoms with Crippen LogP contribution < -0.4 is 0 Å². The maximum atomic E-state index is 10.2. The Hall–Kier alpha value is -3.40. The molecule has 0 radical (unpaired) electrons. The van der Waals surface area contributed by atoms with E-state index in [-0.39, 0.29) is 11.5 Å². The molecule has 3 rings (SSSR count). The fourth-order valence-corrected chi connectivity index (χ4v) is 3.03. The van der Waals surface area contributed by atoms with Gasteiger partial charge in [0.05, 0.1) is 11.4 Å². The fraction of sp³-hybridized carbons (Fsp3) is 0.231. The first-order valence-corrected chi connectivity index (χ1v) is 10.2. The SMILES string of the molecule is CC(C)c1ccc(O)c(C=Nc2ccccc2N=Cc2cc(C(C)C)ccc2O)c1. The molecular formula is C26H28N2O2. The zero-order valence-electron chi connectivity index (χ0n) is 17.9. The van der Waals surface area contributed by atoms with Crippen molar-refractivity contribution in [3.63, 3.8) is 0 Å². The zero-order chi connectivity index (χ0) is 21.7. The Morgan fingerprint density at radius 2 is 1.03 bits per heavy atom. The quantitative estimate of drug-likeness (QED) is 0.445. The van der Waals surface area contributed by atoms with Crippen LogP contribution in [0, 0.1) is 0 Å². The minimum atomic E-state index is 0.194. The van der Waals surface area contributed by atoms with E-state index in [4.69, 9.17) is 0 Å². The predicted octanol–water partition coefficient (Wildman–Crippen LogP) is 6.85. The molecule has 0 atom stereocenters. The molecule has 0 unspecified atom stereocenters. The van der Waals surface area contributed by atoms with E-state index in [2.05, 4.69) is 37.7 Å². The average Bonchev–Trinajstić information content (AvgIpc) is 2.72. The van der Waals surface area contributed by atoms with Gasteiger partial charge < -0.3 is 10.2 Å². The normalized spacial score (nSPS) is 11.9. The van der Waals surface area contributed by atoms with Gasteiger partial charge in [-0.15, -0.1) is 0 Å². The lowest BCUT2D eigenvalue weighted by Crippen LogP contribution is -1.91. The van der Waals surface area contributed by atoms with Gasteiger partial charge in [0.15, 0.2) is 0 Å². The van der Waals surface area contributed by atoms with Gasteiger partial charge in [0.2, 0.25) is 0 Å². The Bertz CT molecular complexity index is 996. The number of phenols is 2. The molecule has 4 nitrogen and oxygen atoms in total. The summed E-state index contributed by atoms with van der Waals surface area (Å²) in [5.41, 5.74) is 4.98. The molecule has 0 aliphatic heterocycles. The molecule has 3 aromatic rings. The van der Waals surface area contributed by atoms with Crippen molar-refractivity contribution in [3.8, 4) is 11.5 Å². The number of hydrogen-bond acceptors (Lipinski definition) is 4. The highest BCUT2D eigenvalue weighted by Gasteiger charge is 2.06. The Labute approximate surface area is 178 Å². The van der Waals surface area contributed by atoms with Crippen LogP contribution in [-0.2, 0) is 0 Å². The highest BCUT2D eigenvalue weighted by atomic mass is 16.3. The standard InChI is InChI=1S/C26H28N2O2/c1-17(2)19-9-11-25(29)21(13-19)15-27-23-7-5-6-8-24(23)28-16-22-14-20(18(3)4)10-12-26(22)30/h5-18,29-30H,1-4H3. The van der Waals surface area contributed by atoms with Crippen LogP contribution in [0.3, 0.4) is 0 Å². The minimum Gasteiger partial charge on any atom is -0.507 e. The lowest BCUT2D eigenvalue weighted by atomic mass is 10.0. The van der Waals surface area contributed by atoms with E-state index in [9.17, 15) is 10.2 Å². The maximum Gasteiger partial charge on any atom is 0.124 e. The van der Waals surface area contributed by atoms with Crippen LogP contribution in [0.2, 0.25) is 0 Å². The third-order valence-corrected chi connectivity index (χ3v) is 5.00. The smallest absolute Gasteiger partial charge is 0.124 e. The van der Waals surface area contributed by atoms with Crippen molar-refractivity contribution in [1.82, 2.24) is 0 Å². The fourth-order valence-electron chi connectivity index (χ4n) is 3.03. The summed E-state index contributed by atoms with van der Waals surface area (Å²) < 4.78 is 0. The van der Waals surface area contributed by atoms with Crippen molar-refractivity contribution in [2.75, 3.05) is 0 Å². The number of rotatable bonds is 6. The molecule has 30 heavy (non-hydrogen) atoms. The molecular weight excluding hydrogens is 372 g/mol. The molecule has 3 aromatic carbocycles. The molecule has 0 fully saturated rings. The second-order valence-electron chi connectivity index (χ2n) is 7.95. The molecule has 0 spiro atoms. The number of phenolic OH excluding ortho intramolecular Hbond substituents is 2. The van der Waals surface area contributed by atoms with Crippen LogP contribution in [0.5, 0.6) is 11.5 Å². The van der Waals surface area contributed by atoms with Crippen LogP contribution in [0.15, 0.2) is 70.6 Å². The Morgan fingerprint density at radius 1 is 0.633 bits per heavy atom. The molecule has 0 aliphatic rings. The van der Waals surface area contributed by atoms with E-state index in [1.807, 2.05) is 48.5 Å². The molecule has 4 heteroatoms. The lowest BCUT2D eigenvalue weighted by molar-refractivity contribution is 0.473. The summed E-state index contributed by atoms with van der Waals surface area (Å²) in [5, 5.41) is 20.3. The second kappa shape index (κ2) is 9.40. The van der Waals surface area contributed by atoms with Gasteiger partial charge in [-0.2, -0.15) is 0 Å². The van der Waals surface area contributed by atoms with Crippen molar-refractivity contribution in [3.05, 3.63) is 82.9 Å². The first kappa shape index (κ1) is 21.3. The van der Waals surface area contributed by atoms with Crippen LogP contribution in [0.4, 0.5) is 11.4 Å². The molecule has 0 heterocycles. The van der Waals surface area contributed by atoms with Crippen molar-refractivity contribution in [2.45, 2.75) is 39.5 Å². The Balaban J connectivity index is 1.91. The van der Waals surface area contributed by atoms with Gasteiger partial charge in [0, 0.05) is 23.6 Å². The summed E-state index contributed by atoms with van der Waals surface area (Å²) in [4.78, 5) is 9.11. The number of para-hydroxylation sites is 2. The van der Waals surface area contributed by atoms with Gasteiger partial charge in [-0.25, -0.2) is 0 Å². The maximum absolute atomic E-state index is 10.2. The van der Waals surface area contributed by atoms with Gasteiger partial charge in [0.1, 0.15) is 11.5 Å². The van der Waals surface area contributed by atoms with E-state index in [1.54, 1.807) is 24.6 Å². The van der Waals surface area contributed by atoms with Gasteiger partial charge in [-0.1, -0.05) is 52.0 Å². The summed E-state index contributed by atoms with van der Waals surface area (Å²) in [5.74, 6) is 1.12. The van der Waals surface area contributed by atoms with E-state index < -0.39 is 0 Å². The highest BCUT2D eigenvalue weighted by molar-refractivity contribution is 5.89. The molecule has 0 saturated carbocycles. The second-order valence-corrected chi connectivity index (χ2v) is 7.95. The third kappa shape index (κ3) is 5.15. The number of benzene rings is 3. The lowest BCUT2D eigenvalue weighted by Gasteiger charge is -2.08. The molecule has 0 bridgehead atoms. The summed E-state index contributed by atoms with van der Waals surface area (Å²) in [6.07, 6.45) is 3.32. The van der Waals surface area contributed by atoms with Crippen molar-refractivity contribution in [1.29, 1.82) is 0 Å². The Morgan fingerprint density at radius 3 is 1.40 bits per heavy atom. The van der Waals surface area contributed by atoms with Crippen molar-refractivity contribution < 1.29 is 10.2 Å². The first-order chi connectivity index (χ1) is 14.3. The van der Waals surface area contributed by atoms with Gasteiger partial charge >= 0.3 is 0 Å². The van der Waals surface area contributed by atoms with Gasteiger partial charge in [-0.05, 0) is 59.4 Å². The number of aliphatic imine (C=N–C) groups is 2.